The second kappa shape index (κ2) is 8.90. The fraction of sp³-hybridized carbons (Fsp3) is 0.619. The number of aromatic nitrogens is 3. The van der Waals surface area contributed by atoms with Crippen LogP contribution in [0.5, 0.6) is 0 Å². The van der Waals surface area contributed by atoms with Crippen molar-refractivity contribution in [3.05, 3.63) is 45.7 Å². The highest BCUT2D eigenvalue weighted by Crippen LogP contribution is 2.19. The highest BCUT2D eigenvalue weighted by Gasteiger charge is 2.24. The molecule has 0 aromatic carbocycles. The second-order valence-electron chi connectivity index (χ2n) is 8.72. The van der Waals surface area contributed by atoms with E-state index in [1.54, 1.807) is 17.7 Å². The molecule has 2 aromatic rings. The van der Waals surface area contributed by atoms with Crippen LogP contribution in [0.3, 0.4) is 0 Å². The number of amides is 1. The van der Waals surface area contributed by atoms with Crippen LogP contribution >= 0.6 is 0 Å². The average Bonchev–Trinajstić information content (AvgIpc) is 3.11. The molecular formula is C21H31N5O3. The zero-order chi connectivity index (χ0) is 21.0. The Kier molecular flexibility index (Phi) is 6.52. The molecule has 1 saturated heterocycles. The maximum absolute atomic E-state index is 12.3. The first-order valence-corrected chi connectivity index (χ1v) is 10.3. The Morgan fingerprint density at radius 2 is 2.07 bits per heavy atom. The lowest BCUT2D eigenvalue weighted by atomic mass is 9.92. The van der Waals surface area contributed by atoms with Crippen LogP contribution in [0.25, 0.3) is 0 Å². The van der Waals surface area contributed by atoms with Crippen LogP contribution < -0.4 is 10.9 Å². The minimum atomic E-state index is -0.162. The molecule has 8 nitrogen and oxygen atoms in total. The summed E-state index contributed by atoms with van der Waals surface area (Å²) >= 11 is 0. The van der Waals surface area contributed by atoms with Crippen LogP contribution in [0.1, 0.15) is 61.8 Å². The zero-order valence-corrected chi connectivity index (χ0v) is 17.8. The van der Waals surface area contributed by atoms with Gasteiger partial charge in [-0.25, -0.2) is 4.68 Å². The van der Waals surface area contributed by atoms with Gasteiger partial charge in [-0.1, -0.05) is 32.3 Å². The van der Waals surface area contributed by atoms with E-state index in [4.69, 9.17) is 4.52 Å². The van der Waals surface area contributed by atoms with Crippen LogP contribution in [-0.4, -0.2) is 51.4 Å². The summed E-state index contributed by atoms with van der Waals surface area (Å²) in [6, 6.07) is 3.66. The van der Waals surface area contributed by atoms with E-state index in [1.807, 2.05) is 6.07 Å². The maximum atomic E-state index is 12.3. The lowest BCUT2D eigenvalue weighted by molar-refractivity contribution is 0.0907. The van der Waals surface area contributed by atoms with Gasteiger partial charge >= 0.3 is 0 Å². The van der Waals surface area contributed by atoms with E-state index in [1.165, 1.54) is 6.20 Å². The summed E-state index contributed by atoms with van der Waals surface area (Å²) in [5.41, 5.74) is 1.20. The van der Waals surface area contributed by atoms with Crippen LogP contribution in [0.2, 0.25) is 0 Å². The number of likely N-dealkylation sites (tertiary alicyclic amines) is 1. The Labute approximate surface area is 171 Å². The Balaban J connectivity index is 1.61. The van der Waals surface area contributed by atoms with Gasteiger partial charge in [-0.3, -0.25) is 14.5 Å². The zero-order valence-electron chi connectivity index (χ0n) is 17.8. The molecule has 1 aliphatic heterocycles. The number of carbonyl (C=O) groups excluding carboxylic acids is 1. The monoisotopic (exact) mass is 401 g/mol. The van der Waals surface area contributed by atoms with Crippen molar-refractivity contribution in [3.8, 4) is 0 Å². The summed E-state index contributed by atoms with van der Waals surface area (Å²) in [6.45, 7) is 10.8. The van der Waals surface area contributed by atoms with Gasteiger partial charge in [0.15, 0.2) is 0 Å². The molecule has 0 spiro atoms. The summed E-state index contributed by atoms with van der Waals surface area (Å²) in [7, 11) is 0. The maximum Gasteiger partial charge on any atom is 0.266 e. The van der Waals surface area contributed by atoms with Crippen molar-refractivity contribution in [1.82, 2.24) is 25.2 Å². The normalized spacial score (nSPS) is 18.0. The van der Waals surface area contributed by atoms with E-state index < -0.39 is 0 Å². The van der Waals surface area contributed by atoms with E-state index in [9.17, 15) is 9.59 Å². The fourth-order valence-electron chi connectivity index (χ4n) is 3.64. The molecule has 1 aliphatic rings. The standard InChI is InChI=1S/C21H31N5O3/c1-15-17(14-23-29-15)20(28)22-13-16-7-5-6-10-25(16)11-12-26-19(27)9-8-18(24-26)21(2,3)4/h8-9,14,16H,5-7,10-13H2,1-4H3,(H,22,28). The van der Waals surface area contributed by atoms with Gasteiger partial charge in [0, 0.05) is 30.6 Å². The SMILES string of the molecule is Cc1oncc1C(=O)NCC1CCCCN1CCn1nc(C(C)(C)C)ccc1=O. The number of hydrogen-bond donors (Lipinski definition) is 1. The van der Waals surface area contributed by atoms with Crippen molar-refractivity contribution in [2.45, 2.75) is 65.0 Å². The molecule has 1 unspecified atom stereocenters. The molecule has 3 rings (SSSR count). The molecule has 8 heteroatoms. The number of carbonyl (C=O) groups is 1. The molecule has 3 heterocycles. The number of piperidine rings is 1. The number of nitrogens with zero attached hydrogens (tertiary/aromatic N) is 4. The third kappa shape index (κ3) is 5.32. The van der Waals surface area contributed by atoms with Crippen molar-refractivity contribution < 1.29 is 9.32 Å². The number of nitrogens with one attached hydrogen (secondary N) is 1. The van der Waals surface area contributed by atoms with Crippen molar-refractivity contribution >= 4 is 5.91 Å². The van der Waals surface area contributed by atoms with Gasteiger partial charge in [0.25, 0.3) is 11.5 Å². The van der Waals surface area contributed by atoms with Gasteiger partial charge in [-0.15, -0.1) is 0 Å². The van der Waals surface area contributed by atoms with Crippen LogP contribution in [0.4, 0.5) is 0 Å². The lowest BCUT2D eigenvalue weighted by Crippen LogP contribution is -2.48. The Bertz CT molecular complexity index is 896. The summed E-state index contributed by atoms with van der Waals surface area (Å²) in [5, 5.41) is 11.2. The fourth-order valence-corrected chi connectivity index (χ4v) is 3.64. The Morgan fingerprint density at radius 1 is 1.28 bits per heavy atom. The highest BCUT2D eigenvalue weighted by molar-refractivity contribution is 5.94. The highest BCUT2D eigenvalue weighted by atomic mass is 16.5. The summed E-state index contributed by atoms with van der Waals surface area (Å²) in [4.78, 5) is 26.9. The van der Waals surface area contributed by atoms with Gasteiger partial charge in [0.2, 0.25) is 0 Å². The molecule has 0 aliphatic carbocycles. The number of hydrogen-bond acceptors (Lipinski definition) is 6. The number of rotatable bonds is 6. The van der Waals surface area contributed by atoms with Crippen LogP contribution in [0.15, 0.2) is 27.6 Å². The predicted octanol–water partition coefficient (Wildman–Crippen LogP) is 2.12. The summed E-state index contributed by atoms with van der Waals surface area (Å²) in [6.07, 6.45) is 4.73. The molecule has 0 bridgehead atoms. The Morgan fingerprint density at radius 3 is 2.76 bits per heavy atom. The van der Waals surface area contributed by atoms with Crippen molar-refractivity contribution in [2.24, 2.45) is 0 Å². The molecule has 29 heavy (non-hydrogen) atoms. The van der Waals surface area contributed by atoms with E-state index in [0.29, 0.717) is 24.4 Å². The first-order valence-electron chi connectivity index (χ1n) is 10.3. The van der Waals surface area contributed by atoms with Crippen molar-refractivity contribution in [2.75, 3.05) is 19.6 Å². The number of aryl methyl sites for hydroxylation is 1. The topological polar surface area (TPSA) is 93.3 Å². The van der Waals surface area contributed by atoms with E-state index in [2.05, 4.69) is 41.2 Å². The third-order valence-corrected chi connectivity index (χ3v) is 5.48. The molecule has 1 fully saturated rings. The first-order chi connectivity index (χ1) is 13.8. The minimum Gasteiger partial charge on any atom is -0.361 e. The van der Waals surface area contributed by atoms with Gasteiger partial charge < -0.3 is 9.84 Å². The molecule has 0 saturated carbocycles. The van der Waals surface area contributed by atoms with E-state index >= 15 is 0 Å². The first kappa shape index (κ1) is 21.2. The largest absolute Gasteiger partial charge is 0.361 e. The summed E-state index contributed by atoms with van der Waals surface area (Å²) < 4.78 is 6.53. The predicted molar refractivity (Wildman–Crippen MR) is 110 cm³/mol. The van der Waals surface area contributed by atoms with E-state index in [-0.39, 0.29) is 22.9 Å². The molecular weight excluding hydrogens is 370 g/mol. The van der Waals surface area contributed by atoms with Crippen LogP contribution in [-0.2, 0) is 12.0 Å². The van der Waals surface area contributed by atoms with Crippen molar-refractivity contribution in [3.63, 3.8) is 0 Å². The molecule has 2 aromatic heterocycles. The second-order valence-corrected chi connectivity index (χ2v) is 8.72. The smallest absolute Gasteiger partial charge is 0.266 e. The minimum absolute atomic E-state index is 0.0807. The van der Waals surface area contributed by atoms with E-state index in [0.717, 1.165) is 38.0 Å². The molecule has 158 valence electrons. The van der Waals surface area contributed by atoms with Gasteiger partial charge in [-0.05, 0) is 32.4 Å². The molecule has 0 radical (unpaired) electrons. The molecule has 1 amide bonds. The Hall–Kier alpha value is -2.48. The quantitative estimate of drug-likeness (QED) is 0.797. The molecule has 1 atom stereocenters. The van der Waals surface area contributed by atoms with Crippen molar-refractivity contribution in [1.29, 1.82) is 0 Å². The van der Waals surface area contributed by atoms with Crippen LogP contribution in [0, 0.1) is 6.92 Å². The summed E-state index contributed by atoms with van der Waals surface area (Å²) in [5.74, 6) is 0.359. The van der Waals surface area contributed by atoms with Gasteiger partial charge in [-0.2, -0.15) is 5.10 Å². The van der Waals surface area contributed by atoms with Gasteiger partial charge in [0.05, 0.1) is 18.4 Å². The lowest BCUT2D eigenvalue weighted by Gasteiger charge is -2.35. The van der Waals surface area contributed by atoms with Gasteiger partial charge in [0.1, 0.15) is 11.3 Å². The molecule has 1 N–H and O–H groups in total. The third-order valence-electron chi connectivity index (χ3n) is 5.48. The average molecular weight is 402 g/mol.